The molecule has 0 aliphatic rings. The SMILES string of the molecule is CCCCNC(=O)NC(C)(C)C(C)N. The maximum Gasteiger partial charge on any atom is 0.315 e. The van der Waals surface area contributed by atoms with E-state index < -0.39 is 0 Å². The van der Waals surface area contributed by atoms with Gasteiger partial charge in [0.05, 0.1) is 5.54 Å². The van der Waals surface area contributed by atoms with Crippen LogP contribution in [0.4, 0.5) is 4.79 Å². The van der Waals surface area contributed by atoms with Crippen molar-refractivity contribution in [3.8, 4) is 0 Å². The van der Waals surface area contributed by atoms with Crippen LogP contribution in [0.1, 0.15) is 40.5 Å². The van der Waals surface area contributed by atoms with Gasteiger partial charge in [-0.3, -0.25) is 0 Å². The van der Waals surface area contributed by atoms with Gasteiger partial charge < -0.3 is 16.4 Å². The highest BCUT2D eigenvalue weighted by atomic mass is 16.2. The second kappa shape index (κ2) is 5.86. The summed E-state index contributed by atoms with van der Waals surface area (Å²) in [4.78, 5) is 11.4. The fourth-order valence-corrected chi connectivity index (χ4v) is 0.829. The predicted molar refractivity (Wildman–Crippen MR) is 59.2 cm³/mol. The molecule has 2 amide bonds. The zero-order chi connectivity index (χ0) is 11.2. The van der Waals surface area contributed by atoms with Crippen molar-refractivity contribution in [3.63, 3.8) is 0 Å². The summed E-state index contributed by atoms with van der Waals surface area (Å²) < 4.78 is 0. The van der Waals surface area contributed by atoms with Gasteiger partial charge in [0.2, 0.25) is 0 Å². The van der Waals surface area contributed by atoms with E-state index in [0.29, 0.717) is 0 Å². The molecule has 84 valence electrons. The number of amides is 2. The Hall–Kier alpha value is -0.770. The molecule has 0 spiro atoms. The van der Waals surface area contributed by atoms with Gasteiger partial charge in [-0.2, -0.15) is 0 Å². The third kappa shape index (κ3) is 5.07. The molecule has 0 heterocycles. The van der Waals surface area contributed by atoms with Crippen LogP contribution in [0.15, 0.2) is 0 Å². The minimum atomic E-state index is -0.365. The van der Waals surface area contributed by atoms with E-state index >= 15 is 0 Å². The molecule has 4 nitrogen and oxygen atoms in total. The Balaban J connectivity index is 3.82. The summed E-state index contributed by atoms with van der Waals surface area (Å²) in [6.07, 6.45) is 2.09. The standard InChI is InChI=1S/C10H23N3O/c1-5-6-7-12-9(14)13-10(3,4)8(2)11/h8H,5-7,11H2,1-4H3,(H2,12,13,14). The van der Waals surface area contributed by atoms with Crippen LogP contribution in [0, 0.1) is 0 Å². The van der Waals surface area contributed by atoms with Crippen LogP contribution in [0.3, 0.4) is 0 Å². The van der Waals surface area contributed by atoms with Crippen LogP contribution in [-0.2, 0) is 0 Å². The summed E-state index contributed by atoms with van der Waals surface area (Å²) in [5.41, 5.74) is 5.37. The van der Waals surface area contributed by atoms with E-state index in [1.165, 1.54) is 0 Å². The summed E-state index contributed by atoms with van der Waals surface area (Å²) in [5, 5.41) is 5.63. The van der Waals surface area contributed by atoms with Crippen molar-refractivity contribution in [2.24, 2.45) is 5.73 Å². The topological polar surface area (TPSA) is 67.2 Å². The van der Waals surface area contributed by atoms with Crippen molar-refractivity contribution in [3.05, 3.63) is 0 Å². The number of nitrogens with one attached hydrogen (secondary N) is 2. The number of hydrogen-bond donors (Lipinski definition) is 3. The number of unbranched alkanes of at least 4 members (excludes halogenated alkanes) is 1. The van der Waals surface area contributed by atoms with E-state index in [2.05, 4.69) is 17.6 Å². The average Bonchev–Trinajstić information content (AvgIpc) is 2.03. The van der Waals surface area contributed by atoms with Crippen molar-refractivity contribution < 1.29 is 4.79 Å². The van der Waals surface area contributed by atoms with Crippen LogP contribution in [-0.4, -0.2) is 24.2 Å². The largest absolute Gasteiger partial charge is 0.338 e. The summed E-state index contributed by atoms with van der Waals surface area (Å²) in [6.45, 7) is 8.52. The Labute approximate surface area is 86.6 Å². The third-order valence-electron chi connectivity index (χ3n) is 2.39. The number of carbonyl (C=O) groups is 1. The van der Waals surface area contributed by atoms with Gasteiger partial charge in [0.15, 0.2) is 0 Å². The maximum absolute atomic E-state index is 11.4. The molecule has 4 heteroatoms. The number of nitrogens with two attached hydrogens (primary N) is 1. The summed E-state index contributed by atoms with van der Waals surface area (Å²) >= 11 is 0. The van der Waals surface area contributed by atoms with E-state index in [1.54, 1.807) is 0 Å². The lowest BCUT2D eigenvalue weighted by Gasteiger charge is -2.30. The summed E-state index contributed by atoms with van der Waals surface area (Å²) in [5.74, 6) is 0. The second-order valence-corrected chi connectivity index (χ2v) is 4.24. The van der Waals surface area contributed by atoms with Gasteiger partial charge in [-0.1, -0.05) is 13.3 Å². The minimum absolute atomic E-state index is 0.0700. The van der Waals surface area contributed by atoms with E-state index in [-0.39, 0.29) is 17.6 Å². The van der Waals surface area contributed by atoms with Gasteiger partial charge in [0, 0.05) is 12.6 Å². The molecule has 0 bridgehead atoms. The molecule has 14 heavy (non-hydrogen) atoms. The number of rotatable bonds is 5. The number of carbonyl (C=O) groups excluding carboxylic acids is 1. The molecule has 0 aliphatic carbocycles. The number of hydrogen-bond acceptors (Lipinski definition) is 2. The molecule has 4 N–H and O–H groups in total. The highest BCUT2D eigenvalue weighted by Gasteiger charge is 2.24. The molecule has 0 fully saturated rings. The average molecular weight is 201 g/mol. The Bertz CT molecular complexity index is 178. The van der Waals surface area contributed by atoms with Crippen LogP contribution in [0.2, 0.25) is 0 Å². The first kappa shape index (κ1) is 13.2. The molecule has 0 saturated heterocycles. The lowest BCUT2D eigenvalue weighted by molar-refractivity contribution is 0.225. The quantitative estimate of drug-likeness (QED) is 0.585. The molecule has 1 atom stereocenters. The van der Waals surface area contributed by atoms with Crippen LogP contribution >= 0.6 is 0 Å². The van der Waals surface area contributed by atoms with Crippen LogP contribution in [0.25, 0.3) is 0 Å². The second-order valence-electron chi connectivity index (χ2n) is 4.24. The Morgan fingerprint density at radius 3 is 2.50 bits per heavy atom. The summed E-state index contributed by atoms with van der Waals surface area (Å²) in [6, 6.07) is -0.208. The fraction of sp³-hybridized carbons (Fsp3) is 0.900. The molecule has 0 radical (unpaired) electrons. The smallest absolute Gasteiger partial charge is 0.315 e. The summed E-state index contributed by atoms with van der Waals surface area (Å²) in [7, 11) is 0. The van der Waals surface area contributed by atoms with E-state index in [9.17, 15) is 4.79 Å². The van der Waals surface area contributed by atoms with Crippen molar-refractivity contribution in [2.75, 3.05) is 6.54 Å². The van der Waals surface area contributed by atoms with Crippen molar-refractivity contribution in [1.82, 2.24) is 10.6 Å². The lowest BCUT2D eigenvalue weighted by atomic mass is 9.97. The first-order valence-electron chi connectivity index (χ1n) is 5.21. The third-order valence-corrected chi connectivity index (χ3v) is 2.39. The normalized spacial score (nSPS) is 13.5. The van der Waals surface area contributed by atoms with Gasteiger partial charge >= 0.3 is 6.03 Å². The van der Waals surface area contributed by atoms with Crippen LogP contribution in [0.5, 0.6) is 0 Å². The molecule has 0 aliphatic heterocycles. The Morgan fingerprint density at radius 1 is 1.50 bits per heavy atom. The first-order valence-corrected chi connectivity index (χ1v) is 5.21. The zero-order valence-electron chi connectivity index (χ0n) is 9.68. The van der Waals surface area contributed by atoms with E-state index in [1.807, 2.05) is 20.8 Å². The van der Waals surface area contributed by atoms with Crippen molar-refractivity contribution in [1.29, 1.82) is 0 Å². The molecule has 0 aromatic heterocycles. The van der Waals surface area contributed by atoms with E-state index in [4.69, 9.17) is 5.73 Å². The Morgan fingerprint density at radius 2 is 2.07 bits per heavy atom. The van der Waals surface area contributed by atoms with Gasteiger partial charge in [-0.25, -0.2) is 4.79 Å². The zero-order valence-corrected chi connectivity index (χ0v) is 9.68. The monoisotopic (exact) mass is 201 g/mol. The van der Waals surface area contributed by atoms with Crippen molar-refractivity contribution in [2.45, 2.75) is 52.1 Å². The van der Waals surface area contributed by atoms with Gasteiger partial charge in [-0.15, -0.1) is 0 Å². The van der Waals surface area contributed by atoms with Gasteiger partial charge in [-0.05, 0) is 27.2 Å². The van der Waals surface area contributed by atoms with E-state index in [0.717, 1.165) is 19.4 Å². The Kier molecular flexibility index (Phi) is 5.53. The molecule has 0 saturated carbocycles. The maximum atomic E-state index is 11.4. The molecule has 1 unspecified atom stereocenters. The molecular formula is C10H23N3O. The van der Waals surface area contributed by atoms with Crippen molar-refractivity contribution >= 4 is 6.03 Å². The number of urea groups is 1. The molecule has 0 rings (SSSR count). The predicted octanol–water partition coefficient (Wildman–Crippen LogP) is 1.21. The minimum Gasteiger partial charge on any atom is -0.338 e. The highest BCUT2D eigenvalue weighted by Crippen LogP contribution is 2.05. The lowest BCUT2D eigenvalue weighted by Crippen LogP contribution is -2.57. The highest BCUT2D eigenvalue weighted by molar-refractivity contribution is 5.74. The van der Waals surface area contributed by atoms with Crippen LogP contribution < -0.4 is 16.4 Å². The fourth-order valence-electron chi connectivity index (χ4n) is 0.829. The molecule has 0 aromatic carbocycles. The molecular weight excluding hydrogens is 178 g/mol. The molecule has 0 aromatic rings. The van der Waals surface area contributed by atoms with Gasteiger partial charge in [0.1, 0.15) is 0 Å². The van der Waals surface area contributed by atoms with Gasteiger partial charge in [0.25, 0.3) is 0 Å². The first-order chi connectivity index (χ1) is 6.40.